The Bertz CT molecular complexity index is 834. The quantitative estimate of drug-likeness (QED) is 0.833. The molecule has 3 rings (SSSR count). The van der Waals surface area contributed by atoms with Gasteiger partial charge in [-0.2, -0.15) is 0 Å². The van der Waals surface area contributed by atoms with Gasteiger partial charge in [0.1, 0.15) is 5.82 Å². The molecule has 1 aliphatic heterocycles. The maximum Gasteiger partial charge on any atom is 0.254 e. The maximum atomic E-state index is 13.7. The summed E-state index contributed by atoms with van der Waals surface area (Å²) in [6, 6.07) is 13.8. The fourth-order valence-electron chi connectivity index (χ4n) is 3.46. The lowest BCUT2D eigenvalue weighted by Crippen LogP contribution is -2.38. The van der Waals surface area contributed by atoms with Crippen molar-refractivity contribution in [2.24, 2.45) is 0 Å². The van der Waals surface area contributed by atoms with Crippen molar-refractivity contribution >= 4 is 17.5 Å². The third-order valence-electron chi connectivity index (χ3n) is 5.04. The summed E-state index contributed by atoms with van der Waals surface area (Å²) in [5.41, 5.74) is 2.19. The van der Waals surface area contributed by atoms with Crippen LogP contribution in [-0.4, -0.2) is 43.4 Å². The number of anilines is 1. The lowest BCUT2D eigenvalue weighted by molar-refractivity contribution is -0.129. The van der Waals surface area contributed by atoms with E-state index in [1.807, 2.05) is 18.2 Å². The molecular formula is C22H26FN3O2. The Labute approximate surface area is 165 Å². The smallest absolute Gasteiger partial charge is 0.254 e. The first-order valence-corrected chi connectivity index (χ1v) is 9.66. The van der Waals surface area contributed by atoms with Crippen molar-refractivity contribution < 1.29 is 14.0 Å². The van der Waals surface area contributed by atoms with Crippen molar-refractivity contribution in [2.75, 3.05) is 31.6 Å². The van der Waals surface area contributed by atoms with Gasteiger partial charge in [-0.05, 0) is 43.0 Å². The number of nitrogens with one attached hydrogen (secondary N) is 1. The van der Waals surface area contributed by atoms with Crippen LogP contribution in [0.3, 0.4) is 0 Å². The molecule has 0 radical (unpaired) electrons. The molecule has 1 aliphatic rings. The van der Waals surface area contributed by atoms with Crippen LogP contribution in [0.25, 0.3) is 0 Å². The van der Waals surface area contributed by atoms with Crippen LogP contribution in [0.4, 0.5) is 10.1 Å². The van der Waals surface area contributed by atoms with Gasteiger partial charge >= 0.3 is 0 Å². The van der Waals surface area contributed by atoms with Crippen LogP contribution in [0.2, 0.25) is 0 Å². The zero-order chi connectivity index (χ0) is 19.9. The maximum absolute atomic E-state index is 13.7. The number of hydrogen-bond acceptors (Lipinski definition) is 3. The fraction of sp³-hybridized carbons (Fsp3) is 0.364. The van der Waals surface area contributed by atoms with Gasteiger partial charge in [-0.15, -0.1) is 0 Å². The van der Waals surface area contributed by atoms with Gasteiger partial charge in [0.05, 0.1) is 12.1 Å². The number of piperidine rings is 1. The van der Waals surface area contributed by atoms with Gasteiger partial charge in [0.15, 0.2) is 0 Å². The molecule has 0 atom stereocenters. The normalized spacial score (nSPS) is 13.9. The van der Waals surface area contributed by atoms with E-state index >= 15 is 0 Å². The zero-order valence-electron chi connectivity index (χ0n) is 16.2. The van der Waals surface area contributed by atoms with E-state index in [4.69, 9.17) is 0 Å². The lowest BCUT2D eigenvalue weighted by atomic mass is 10.1. The third-order valence-corrected chi connectivity index (χ3v) is 5.04. The molecule has 28 heavy (non-hydrogen) atoms. The molecule has 0 spiro atoms. The first-order chi connectivity index (χ1) is 13.6. The highest BCUT2D eigenvalue weighted by molar-refractivity contribution is 5.96. The number of nitrogens with zero attached hydrogens (tertiary/aromatic N) is 2. The van der Waals surface area contributed by atoms with E-state index in [1.54, 1.807) is 18.0 Å². The molecule has 0 unspecified atom stereocenters. The molecule has 1 saturated heterocycles. The number of para-hydroxylation sites is 1. The van der Waals surface area contributed by atoms with E-state index in [0.717, 1.165) is 24.3 Å². The molecule has 1 heterocycles. The van der Waals surface area contributed by atoms with Gasteiger partial charge in [-0.1, -0.05) is 30.3 Å². The van der Waals surface area contributed by atoms with Gasteiger partial charge in [-0.25, -0.2) is 4.39 Å². The number of benzene rings is 2. The SMILES string of the molecule is CN(Cc1ccccc1N1CCCCC1)C(=O)CNC(=O)c1ccccc1F. The van der Waals surface area contributed by atoms with Crippen molar-refractivity contribution in [3.8, 4) is 0 Å². The van der Waals surface area contributed by atoms with Gasteiger partial charge in [0, 0.05) is 32.4 Å². The summed E-state index contributed by atoms with van der Waals surface area (Å²) in [6.07, 6.45) is 3.63. The van der Waals surface area contributed by atoms with E-state index in [-0.39, 0.29) is 18.0 Å². The van der Waals surface area contributed by atoms with Gasteiger partial charge in [0.2, 0.25) is 5.91 Å². The average molecular weight is 383 g/mol. The molecule has 1 fully saturated rings. The largest absolute Gasteiger partial charge is 0.371 e. The number of hydrogen-bond donors (Lipinski definition) is 1. The summed E-state index contributed by atoms with van der Waals surface area (Å²) in [4.78, 5) is 28.5. The molecule has 2 amide bonds. The molecule has 148 valence electrons. The summed E-state index contributed by atoms with van der Waals surface area (Å²) >= 11 is 0. The molecular weight excluding hydrogens is 357 g/mol. The Morgan fingerprint density at radius 2 is 1.71 bits per heavy atom. The minimum atomic E-state index is -0.601. The number of carbonyl (C=O) groups excluding carboxylic acids is 2. The van der Waals surface area contributed by atoms with Gasteiger partial charge < -0.3 is 15.1 Å². The topological polar surface area (TPSA) is 52.6 Å². The van der Waals surface area contributed by atoms with Crippen LogP contribution in [0.15, 0.2) is 48.5 Å². The highest BCUT2D eigenvalue weighted by atomic mass is 19.1. The molecule has 0 bridgehead atoms. The van der Waals surface area contributed by atoms with Crippen LogP contribution < -0.4 is 10.2 Å². The number of carbonyl (C=O) groups is 2. The molecule has 6 heteroatoms. The first-order valence-electron chi connectivity index (χ1n) is 9.66. The third kappa shape index (κ3) is 4.88. The van der Waals surface area contributed by atoms with Crippen LogP contribution >= 0.6 is 0 Å². The Balaban J connectivity index is 1.59. The molecule has 1 N–H and O–H groups in total. The Hall–Kier alpha value is -2.89. The summed E-state index contributed by atoms with van der Waals surface area (Å²) < 4.78 is 13.7. The summed E-state index contributed by atoms with van der Waals surface area (Å²) in [5, 5.41) is 2.50. The van der Waals surface area contributed by atoms with E-state index in [1.165, 1.54) is 37.5 Å². The minimum Gasteiger partial charge on any atom is -0.371 e. The van der Waals surface area contributed by atoms with E-state index in [2.05, 4.69) is 16.3 Å². The highest BCUT2D eigenvalue weighted by Crippen LogP contribution is 2.25. The summed E-state index contributed by atoms with van der Waals surface area (Å²) in [7, 11) is 1.71. The predicted octanol–water partition coefficient (Wildman–Crippen LogP) is 3.20. The van der Waals surface area contributed by atoms with E-state index in [9.17, 15) is 14.0 Å². The van der Waals surface area contributed by atoms with E-state index < -0.39 is 11.7 Å². The Morgan fingerprint density at radius 1 is 1.04 bits per heavy atom. The molecule has 2 aromatic rings. The second-order valence-corrected chi connectivity index (χ2v) is 7.09. The molecule has 0 aliphatic carbocycles. The first kappa shape index (κ1) is 19.9. The van der Waals surface area contributed by atoms with Gasteiger partial charge in [0.25, 0.3) is 5.91 Å². The zero-order valence-corrected chi connectivity index (χ0v) is 16.2. The second kappa shape index (κ2) is 9.35. The highest BCUT2D eigenvalue weighted by Gasteiger charge is 2.18. The predicted molar refractivity (Wildman–Crippen MR) is 108 cm³/mol. The molecule has 0 aromatic heterocycles. The fourth-order valence-corrected chi connectivity index (χ4v) is 3.46. The van der Waals surface area contributed by atoms with Crippen LogP contribution in [0.1, 0.15) is 35.2 Å². The minimum absolute atomic E-state index is 0.0617. The number of rotatable bonds is 6. The van der Waals surface area contributed by atoms with Crippen molar-refractivity contribution in [1.82, 2.24) is 10.2 Å². The van der Waals surface area contributed by atoms with Crippen molar-refractivity contribution in [1.29, 1.82) is 0 Å². The van der Waals surface area contributed by atoms with Crippen molar-refractivity contribution in [2.45, 2.75) is 25.8 Å². The number of halogens is 1. The van der Waals surface area contributed by atoms with Gasteiger partial charge in [-0.3, -0.25) is 9.59 Å². The molecule has 5 nitrogen and oxygen atoms in total. The molecule has 2 aromatic carbocycles. The van der Waals surface area contributed by atoms with Crippen molar-refractivity contribution in [3.05, 3.63) is 65.5 Å². The Morgan fingerprint density at radius 3 is 2.46 bits per heavy atom. The molecule has 0 saturated carbocycles. The second-order valence-electron chi connectivity index (χ2n) is 7.09. The summed E-state index contributed by atoms with van der Waals surface area (Å²) in [6.45, 7) is 2.36. The van der Waals surface area contributed by atoms with Crippen LogP contribution in [-0.2, 0) is 11.3 Å². The standard InChI is InChI=1S/C22H26FN3O2/c1-25(21(27)15-24-22(28)18-10-4-5-11-19(18)23)16-17-9-3-6-12-20(17)26-13-7-2-8-14-26/h3-6,9-12H,2,7-8,13-16H2,1H3,(H,24,28). The summed E-state index contributed by atoms with van der Waals surface area (Å²) in [5.74, 6) is -1.41. The average Bonchev–Trinajstić information content (AvgIpc) is 2.73. The lowest BCUT2D eigenvalue weighted by Gasteiger charge is -2.31. The Kier molecular flexibility index (Phi) is 6.63. The van der Waals surface area contributed by atoms with E-state index in [0.29, 0.717) is 6.54 Å². The number of amides is 2. The number of likely N-dealkylation sites (N-methyl/N-ethyl adjacent to an activating group) is 1. The van der Waals surface area contributed by atoms with Crippen LogP contribution in [0.5, 0.6) is 0 Å². The van der Waals surface area contributed by atoms with Crippen LogP contribution in [0, 0.1) is 5.82 Å². The van der Waals surface area contributed by atoms with Crippen molar-refractivity contribution in [3.63, 3.8) is 0 Å². The monoisotopic (exact) mass is 383 g/mol.